The first-order chi connectivity index (χ1) is 19.4. The van der Waals surface area contributed by atoms with Gasteiger partial charge in [0.1, 0.15) is 17.3 Å². The maximum atomic E-state index is 13.2. The standard InChI is InChI=1S/C27H32ClN7O5/c1-38-21-4-3-18(11-22(21)39-2)14-30-25(36)12-20-15-33(26(37)19-5-10-40-16-19)8-9-35(20)24-13-23(28)31-27(32-24)34-7-6-29-17-34/h3-4,6-7,11,13,17,19-20H,5,8-10,12,14-16H2,1-2H3,(H,30,36). The largest absolute Gasteiger partial charge is 0.493 e. The van der Waals surface area contributed by atoms with E-state index in [0.717, 1.165) is 5.56 Å². The van der Waals surface area contributed by atoms with Gasteiger partial charge < -0.3 is 29.3 Å². The molecule has 2 unspecified atom stereocenters. The summed E-state index contributed by atoms with van der Waals surface area (Å²) < 4.78 is 17.8. The van der Waals surface area contributed by atoms with Crippen LogP contribution in [0.1, 0.15) is 18.4 Å². The number of carbonyl (C=O) groups is 2. The van der Waals surface area contributed by atoms with Crippen molar-refractivity contribution in [1.29, 1.82) is 0 Å². The molecule has 0 radical (unpaired) electrons. The number of nitrogens with zero attached hydrogens (tertiary/aromatic N) is 6. The first-order valence-corrected chi connectivity index (χ1v) is 13.5. The molecule has 40 heavy (non-hydrogen) atoms. The highest BCUT2D eigenvalue weighted by Crippen LogP contribution is 2.28. The normalized spacial score (nSPS) is 19.0. The van der Waals surface area contributed by atoms with Crippen LogP contribution in [-0.4, -0.2) is 89.3 Å². The van der Waals surface area contributed by atoms with E-state index in [1.165, 1.54) is 0 Å². The van der Waals surface area contributed by atoms with E-state index in [1.807, 2.05) is 21.9 Å². The van der Waals surface area contributed by atoms with Crippen molar-refractivity contribution in [3.8, 4) is 17.4 Å². The average molecular weight is 570 g/mol. The number of imidazole rings is 1. The third kappa shape index (κ3) is 6.28. The van der Waals surface area contributed by atoms with E-state index in [-0.39, 0.29) is 35.3 Å². The third-order valence-electron chi connectivity index (χ3n) is 7.13. The summed E-state index contributed by atoms with van der Waals surface area (Å²) in [6.45, 7) is 2.71. The molecule has 2 saturated heterocycles. The molecule has 2 aromatic heterocycles. The zero-order valence-corrected chi connectivity index (χ0v) is 23.2. The fraction of sp³-hybridized carbons (Fsp3) is 0.444. The van der Waals surface area contributed by atoms with Crippen LogP contribution in [-0.2, 0) is 20.9 Å². The number of nitrogens with one attached hydrogen (secondary N) is 1. The molecule has 3 aromatic rings. The number of amides is 2. The van der Waals surface area contributed by atoms with Crippen molar-refractivity contribution in [2.24, 2.45) is 5.92 Å². The molecule has 4 heterocycles. The summed E-state index contributed by atoms with van der Waals surface area (Å²) in [7, 11) is 3.15. The summed E-state index contributed by atoms with van der Waals surface area (Å²) in [5.41, 5.74) is 0.872. The second kappa shape index (κ2) is 12.5. The minimum absolute atomic E-state index is 0.0627. The molecule has 2 aliphatic heterocycles. The molecular formula is C27H32ClN7O5. The Morgan fingerprint density at radius 1 is 1.15 bits per heavy atom. The van der Waals surface area contributed by atoms with Crippen molar-refractivity contribution in [2.45, 2.75) is 25.4 Å². The van der Waals surface area contributed by atoms with Crippen LogP contribution in [0, 0.1) is 5.92 Å². The van der Waals surface area contributed by atoms with Crippen LogP contribution in [0.5, 0.6) is 11.5 Å². The number of methoxy groups -OCH3 is 2. The first kappa shape index (κ1) is 27.7. The molecule has 0 bridgehead atoms. The average Bonchev–Trinajstić information content (AvgIpc) is 3.70. The lowest BCUT2D eigenvalue weighted by Crippen LogP contribution is -2.57. The van der Waals surface area contributed by atoms with E-state index in [0.29, 0.717) is 69.1 Å². The minimum Gasteiger partial charge on any atom is -0.493 e. The molecule has 1 N–H and O–H groups in total. The SMILES string of the molecule is COc1ccc(CNC(=O)CC2CN(C(=O)C3CCOC3)CCN2c2cc(Cl)nc(-n3ccnc3)n2)cc1OC. The lowest BCUT2D eigenvalue weighted by molar-refractivity contribution is -0.137. The summed E-state index contributed by atoms with van der Waals surface area (Å²) >= 11 is 6.38. The maximum Gasteiger partial charge on any atom is 0.238 e. The van der Waals surface area contributed by atoms with E-state index in [1.54, 1.807) is 49.6 Å². The predicted octanol–water partition coefficient (Wildman–Crippen LogP) is 2.09. The Morgan fingerprint density at radius 2 is 2.00 bits per heavy atom. The van der Waals surface area contributed by atoms with E-state index >= 15 is 0 Å². The van der Waals surface area contributed by atoms with Crippen LogP contribution >= 0.6 is 11.6 Å². The first-order valence-electron chi connectivity index (χ1n) is 13.1. The lowest BCUT2D eigenvalue weighted by atomic mass is 10.0. The molecule has 13 heteroatoms. The van der Waals surface area contributed by atoms with Gasteiger partial charge >= 0.3 is 0 Å². The van der Waals surface area contributed by atoms with Crippen molar-refractivity contribution < 1.29 is 23.8 Å². The molecule has 2 aliphatic rings. The van der Waals surface area contributed by atoms with Gasteiger partial charge in [-0.3, -0.25) is 14.2 Å². The van der Waals surface area contributed by atoms with Gasteiger partial charge in [0, 0.05) is 57.7 Å². The van der Waals surface area contributed by atoms with Gasteiger partial charge in [0.05, 0.1) is 32.8 Å². The van der Waals surface area contributed by atoms with Gasteiger partial charge in [0.25, 0.3) is 0 Å². The number of benzene rings is 1. The van der Waals surface area contributed by atoms with E-state index < -0.39 is 0 Å². The summed E-state index contributed by atoms with van der Waals surface area (Å²) in [6, 6.07) is 6.86. The highest BCUT2D eigenvalue weighted by Gasteiger charge is 2.36. The van der Waals surface area contributed by atoms with Crippen LogP contribution < -0.4 is 19.7 Å². The summed E-state index contributed by atoms with van der Waals surface area (Å²) in [6.07, 6.45) is 5.82. The van der Waals surface area contributed by atoms with Crippen LogP contribution in [0.3, 0.4) is 0 Å². The van der Waals surface area contributed by atoms with Crippen LogP contribution in [0.2, 0.25) is 5.15 Å². The van der Waals surface area contributed by atoms with Gasteiger partial charge in [-0.15, -0.1) is 0 Å². The van der Waals surface area contributed by atoms with Crippen molar-refractivity contribution in [2.75, 3.05) is 52.0 Å². The molecule has 2 atom stereocenters. The van der Waals surface area contributed by atoms with Crippen LogP contribution in [0.15, 0.2) is 43.0 Å². The molecule has 1 aromatic carbocycles. The number of hydrogen-bond acceptors (Lipinski definition) is 9. The third-order valence-corrected chi connectivity index (χ3v) is 7.32. The Bertz CT molecular complexity index is 1330. The molecule has 2 fully saturated rings. The van der Waals surface area contributed by atoms with Gasteiger partial charge in [-0.05, 0) is 24.1 Å². The van der Waals surface area contributed by atoms with Crippen molar-refractivity contribution in [3.05, 3.63) is 53.7 Å². The summed E-state index contributed by atoms with van der Waals surface area (Å²) in [5, 5.41) is 3.27. The van der Waals surface area contributed by atoms with Gasteiger partial charge in [-0.1, -0.05) is 17.7 Å². The second-order valence-corrected chi connectivity index (χ2v) is 10.1. The summed E-state index contributed by atoms with van der Waals surface area (Å²) in [4.78, 5) is 43.4. The number of aromatic nitrogens is 4. The van der Waals surface area contributed by atoms with E-state index in [2.05, 4.69) is 15.3 Å². The molecule has 12 nitrogen and oxygen atoms in total. The zero-order chi connectivity index (χ0) is 28.1. The number of piperazine rings is 1. The van der Waals surface area contributed by atoms with Gasteiger partial charge in [-0.2, -0.15) is 4.98 Å². The van der Waals surface area contributed by atoms with E-state index in [4.69, 9.17) is 30.8 Å². The Kier molecular flexibility index (Phi) is 8.66. The highest BCUT2D eigenvalue weighted by molar-refractivity contribution is 6.29. The molecule has 2 amide bonds. The monoisotopic (exact) mass is 569 g/mol. The number of carbonyl (C=O) groups excluding carboxylic acids is 2. The highest BCUT2D eigenvalue weighted by atomic mass is 35.5. The Morgan fingerprint density at radius 3 is 2.73 bits per heavy atom. The number of hydrogen-bond donors (Lipinski definition) is 1. The van der Waals surface area contributed by atoms with Gasteiger partial charge in [0.15, 0.2) is 11.5 Å². The Labute approximate surface area is 237 Å². The number of rotatable bonds is 9. The number of halogens is 1. The second-order valence-electron chi connectivity index (χ2n) is 9.68. The zero-order valence-electron chi connectivity index (χ0n) is 22.5. The molecule has 0 saturated carbocycles. The fourth-order valence-electron chi connectivity index (χ4n) is 5.03. The topological polar surface area (TPSA) is 124 Å². The molecule has 0 spiro atoms. The Hall–Kier alpha value is -3.90. The van der Waals surface area contributed by atoms with Crippen molar-refractivity contribution in [1.82, 2.24) is 29.7 Å². The van der Waals surface area contributed by atoms with Crippen molar-refractivity contribution in [3.63, 3.8) is 0 Å². The van der Waals surface area contributed by atoms with Gasteiger partial charge in [-0.25, -0.2) is 9.97 Å². The van der Waals surface area contributed by atoms with Crippen molar-refractivity contribution >= 4 is 29.2 Å². The van der Waals surface area contributed by atoms with Crippen LogP contribution in [0.4, 0.5) is 5.82 Å². The maximum absolute atomic E-state index is 13.2. The molecule has 212 valence electrons. The Balaban J connectivity index is 1.33. The van der Waals surface area contributed by atoms with E-state index in [9.17, 15) is 9.59 Å². The van der Waals surface area contributed by atoms with Crippen LogP contribution in [0.25, 0.3) is 5.95 Å². The van der Waals surface area contributed by atoms with Gasteiger partial charge in [0.2, 0.25) is 17.8 Å². The molecular weight excluding hydrogens is 538 g/mol. The number of anilines is 1. The number of ether oxygens (including phenoxy) is 3. The predicted molar refractivity (Wildman–Crippen MR) is 147 cm³/mol. The molecule has 5 rings (SSSR count). The lowest BCUT2D eigenvalue weighted by Gasteiger charge is -2.42. The fourth-order valence-corrected chi connectivity index (χ4v) is 5.20. The quantitative estimate of drug-likeness (QED) is 0.386. The summed E-state index contributed by atoms with van der Waals surface area (Å²) in [5.74, 6) is 1.92. The minimum atomic E-state index is -0.327. The molecule has 0 aliphatic carbocycles. The smallest absolute Gasteiger partial charge is 0.238 e.